The second kappa shape index (κ2) is 6.83. The van der Waals surface area contributed by atoms with Crippen LogP contribution < -0.4 is 10.1 Å². The molecule has 0 fully saturated rings. The van der Waals surface area contributed by atoms with Crippen molar-refractivity contribution < 1.29 is 9.53 Å². The molecule has 1 N–H and O–H groups in total. The van der Waals surface area contributed by atoms with Crippen molar-refractivity contribution >= 4 is 5.91 Å². The fourth-order valence-corrected chi connectivity index (χ4v) is 1.80. The summed E-state index contributed by atoms with van der Waals surface area (Å²) in [6, 6.07) is 9.53. The average Bonchev–Trinajstić information content (AvgIpc) is 2.53. The zero-order valence-corrected chi connectivity index (χ0v) is 12.5. The minimum absolute atomic E-state index is 0.0135. The van der Waals surface area contributed by atoms with E-state index in [0.29, 0.717) is 6.54 Å². The van der Waals surface area contributed by atoms with Crippen molar-refractivity contribution in [2.24, 2.45) is 5.92 Å². The second-order valence-electron chi connectivity index (χ2n) is 5.00. The Morgan fingerprint density at radius 2 is 1.95 bits per heavy atom. The van der Waals surface area contributed by atoms with E-state index < -0.39 is 0 Å². The number of hydrogen-bond donors (Lipinski definition) is 1. The van der Waals surface area contributed by atoms with Crippen molar-refractivity contribution in [2.75, 3.05) is 7.11 Å². The number of hydrogen-bond acceptors (Lipinski definition) is 4. The van der Waals surface area contributed by atoms with Gasteiger partial charge in [-0.1, -0.05) is 13.8 Å². The summed E-state index contributed by atoms with van der Waals surface area (Å²) in [5.41, 5.74) is 2.58. The Balaban J connectivity index is 2.11. The minimum atomic E-state index is -0.0344. The molecule has 0 spiro atoms. The molecule has 2 aromatic rings. The van der Waals surface area contributed by atoms with Crippen molar-refractivity contribution in [3.05, 3.63) is 42.4 Å². The molecular weight excluding hydrogens is 266 g/mol. The lowest BCUT2D eigenvalue weighted by molar-refractivity contribution is -0.124. The summed E-state index contributed by atoms with van der Waals surface area (Å²) in [5, 5.41) is 2.85. The van der Waals surface area contributed by atoms with Crippen LogP contribution in [-0.2, 0) is 11.3 Å². The van der Waals surface area contributed by atoms with Crippen LogP contribution in [0.2, 0.25) is 0 Å². The molecule has 0 radical (unpaired) electrons. The van der Waals surface area contributed by atoms with Gasteiger partial charge in [-0.3, -0.25) is 4.79 Å². The van der Waals surface area contributed by atoms with E-state index in [-0.39, 0.29) is 11.8 Å². The van der Waals surface area contributed by atoms with Crippen LogP contribution in [0.1, 0.15) is 19.5 Å². The SMILES string of the molecule is COc1ccc(-c2cc(CNC(=O)C(C)C)ncn2)cc1. The fourth-order valence-electron chi connectivity index (χ4n) is 1.80. The van der Waals surface area contributed by atoms with Gasteiger partial charge in [0.2, 0.25) is 5.91 Å². The van der Waals surface area contributed by atoms with Crippen LogP contribution in [0.5, 0.6) is 5.75 Å². The molecule has 0 bridgehead atoms. The quantitative estimate of drug-likeness (QED) is 0.916. The van der Waals surface area contributed by atoms with Crippen LogP contribution in [0.4, 0.5) is 0 Å². The zero-order chi connectivity index (χ0) is 15.2. The van der Waals surface area contributed by atoms with E-state index in [0.717, 1.165) is 22.7 Å². The van der Waals surface area contributed by atoms with Crippen LogP contribution in [-0.4, -0.2) is 23.0 Å². The topological polar surface area (TPSA) is 64.1 Å². The highest BCUT2D eigenvalue weighted by atomic mass is 16.5. The summed E-state index contributed by atoms with van der Waals surface area (Å²) in [7, 11) is 1.63. The number of methoxy groups -OCH3 is 1. The number of carbonyl (C=O) groups excluding carboxylic acids is 1. The molecule has 1 aromatic carbocycles. The molecule has 21 heavy (non-hydrogen) atoms. The number of carbonyl (C=O) groups is 1. The van der Waals surface area contributed by atoms with E-state index in [1.807, 2.05) is 44.2 Å². The first kappa shape index (κ1) is 15.0. The molecule has 0 saturated carbocycles. The van der Waals surface area contributed by atoms with Crippen LogP contribution in [0.25, 0.3) is 11.3 Å². The predicted octanol–water partition coefficient (Wildman–Crippen LogP) is 2.42. The lowest BCUT2D eigenvalue weighted by Crippen LogP contribution is -2.27. The molecule has 0 saturated heterocycles. The molecule has 1 heterocycles. The molecule has 5 heteroatoms. The van der Waals surface area contributed by atoms with Crippen molar-refractivity contribution in [1.82, 2.24) is 15.3 Å². The first-order valence-electron chi connectivity index (χ1n) is 6.83. The molecule has 0 aliphatic carbocycles. The van der Waals surface area contributed by atoms with Crippen LogP contribution in [0.15, 0.2) is 36.7 Å². The van der Waals surface area contributed by atoms with Crippen molar-refractivity contribution in [1.29, 1.82) is 0 Å². The molecule has 0 unspecified atom stereocenters. The van der Waals surface area contributed by atoms with Gasteiger partial charge in [0.25, 0.3) is 0 Å². The van der Waals surface area contributed by atoms with Crippen molar-refractivity contribution in [2.45, 2.75) is 20.4 Å². The van der Waals surface area contributed by atoms with Crippen molar-refractivity contribution in [3.8, 4) is 17.0 Å². The zero-order valence-electron chi connectivity index (χ0n) is 12.5. The number of rotatable bonds is 5. The Labute approximate surface area is 124 Å². The Hall–Kier alpha value is -2.43. The van der Waals surface area contributed by atoms with Gasteiger partial charge in [0, 0.05) is 11.5 Å². The first-order valence-corrected chi connectivity index (χ1v) is 6.83. The van der Waals surface area contributed by atoms with E-state index in [4.69, 9.17) is 4.74 Å². The fraction of sp³-hybridized carbons (Fsp3) is 0.312. The number of nitrogens with one attached hydrogen (secondary N) is 1. The maximum atomic E-state index is 11.6. The third-order valence-electron chi connectivity index (χ3n) is 3.08. The Bertz CT molecular complexity index is 609. The van der Waals surface area contributed by atoms with E-state index in [2.05, 4.69) is 15.3 Å². The molecule has 0 aliphatic heterocycles. The number of nitrogens with zero attached hydrogens (tertiary/aromatic N) is 2. The van der Waals surface area contributed by atoms with E-state index in [1.54, 1.807) is 7.11 Å². The largest absolute Gasteiger partial charge is 0.497 e. The summed E-state index contributed by atoms with van der Waals surface area (Å²) in [6.07, 6.45) is 1.51. The Kier molecular flexibility index (Phi) is 4.87. The van der Waals surface area contributed by atoms with Gasteiger partial charge in [-0.25, -0.2) is 9.97 Å². The third-order valence-corrected chi connectivity index (χ3v) is 3.08. The number of aromatic nitrogens is 2. The molecule has 2 rings (SSSR count). The van der Waals surface area contributed by atoms with Crippen LogP contribution >= 0.6 is 0 Å². The summed E-state index contributed by atoms with van der Waals surface area (Å²) in [6.45, 7) is 4.12. The van der Waals surface area contributed by atoms with Gasteiger partial charge in [-0.15, -0.1) is 0 Å². The number of ether oxygens (including phenoxy) is 1. The van der Waals surface area contributed by atoms with Crippen LogP contribution in [0, 0.1) is 5.92 Å². The summed E-state index contributed by atoms with van der Waals surface area (Å²) in [5.74, 6) is 0.782. The van der Waals surface area contributed by atoms with E-state index in [9.17, 15) is 4.79 Å². The molecule has 5 nitrogen and oxygen atoms in total. The Morgan fingerprint density at radius 1 is 1.24 bits per heavy atom. The molecule has 1 amide bonds. The standard InChI is InChI=1S/C16H19N3O2/c1-11(2)16(20)17-9-13-8-15(19-10-18-13)12-4-6-14(21-3)7-5-12/h4-8,10-11H,9H2,1-3H3,(H,17,20). The normalized spacial score (nSPS) is 10.5. The molecule has 0 aliphatic rings. The average molecular weight is 285 g/mol. The van der Waals surface area contributed by atoms with Crippen molar-refractivity contribution in [3.63, 3.8) is 0 Å². The highest BCUT2D eigenvalue weighted by molar-refractivity contribution is 5.77. The van der Waals surface area contributed by atoms with Gasteiger partial charge in [-0.2, -0.15) is 0 Å². The maximum Gasteiger partial charge on any atom is 0.222 e. The molecule has 110 valence electrons. The van der Waals surface area contributed by atoms with Gasteiger partial charge >= 0.3 is 0 Å². The lowest BCUT2D eigenvalue weighted by Gasteiger charge is -2.08. The predicted molar refractivity (Wildman–Crippen MR) is 80.7 cm³/mol. The Morgan fingerprint density at radius 3 is 2.57 bits per heavy atom. The highest BCUT2D eigenvalue weighted by Gasteiger charge is 2.07. The third kappa shape index (κ3) is 4.02. The summed E-state index contributed by atoms with van der Waals surface area (Å²) >= 11 is 0. The van der Waals surface area contributed by atoms with Gasteiger partial charge < -0.3 is 10.1 Å². The number of amides is 1. The minimum Gasteiger partial charge on any atom is -0.497 e. The van der Waals surface area contributed by atoms with Crippen LogP contribution in [0.3, 0.4) is 0 Å². The number of benzene rings is 1. The smallest absolute Gasteiger partial charge is 0.222 e. The second-order valence-corrected chi connectivity index (χ2v) is 5.00. The van der Waals surface area contributed by atoms with Gasteiger partial charge in [0.05, 0.1) is 25.0 Å². The van der Waals surface area contributed by atoms with E-state index >= 15 is 0 Å². The van der Waals surface area contributed by atoms with Gasteiger partial charge in [0.1, 0.15) is 12.1 Å². The summed E-state index contributed by atoms with van der Waals surface area (Å²) < 4.78 is 5.14. The monoisotopic (exact) mass is 285 g/mol. The van der Waals surface area contributed by atoms with Gasteiger partial charge in [-0.05, 0) is 30.3 Å². The van der Waals surface area contributed by atoms with E-state index in [1.165, 1.54) is 6.33 Å². The van der Waals surface area contributed by atoms with Gasteiger partial charge in [0.15, 0.2) is 0 Å². The first-order chi connectivity index (χ1) is 10.1. The lowest BCUT2D eigenvalue weighted by atomic mass is 10.1. The molecule has 0 atom stereocenters. The maximum absolute atomic E-state index is 11.6. The summed E-state index contributed by atoms with van der Waals surface area (Å²) in [4.78, 5) is 20.0. The molecular formula is C16H19N3O2. The molecule has 1 aromatic heterocycles. The highest BCUT2D eigenvalue weighted by Crippen LogP contribution is 2.20.